The van der Waals surface area contributed by atoms with Gasteiger partial charge >= 0.3 is 0 Å². The molecule has 0 radical (unpaired) electrons. The van der Waals surface area contributed by atoms with Crippen LogP contribution in [0.15, 0.2) is 22.7 Å². The fourth-order valence-corrected chi connectivity index (χ4v) is 1.23. The van der Waals surface area contributed by atoms with Crippen molar-refractivity contribution in [1.29, 1.82) is 0 Å². The highest BCUT2D eigenvalue weighted by atomic mass is 79.9. The summed E-state index contributed by atoms with van der Waals surface area (Å²) in [6.07, 6.45) is 0. The van der Waals surface area contributed by atoms with Crippen LogP contribution in [0.1, 0.15) is 0 Å². The van der Waals surface area contributed by atoms with Gasteiger partial charge in [0.2, 0.25) is 0 Å². The van der Waals surface area contributed by atoms with E-state index in [0.29, 0.717) is 5.69 Å². The van der Waals surface area contributed by atoms with Crippen LogP contribution in [-0.4, -0.2) is 12.2 Å². The summed E-state index contributed by atoms with van der Waals surface area (Å²) in [6, 6.07) is 4.96. The van der Waals surface area contributed by atoms with Gasteiger partial charge in [0.15, 0.2) is 0 Å². The van der Waals surface area contributed by atoms with Crippen molar-refractivity contribution >= 4 is 21.6 Å². The van der Waals surface area contributed by atoms with Crippen LogP contribution in [0, 0.1) is 0 Å². The van der Waals surface area contributed by atoms with E-state index in [-0.39, 0.29) is 5.75 Å². The predicted octanol–water partition coefficient (Wildman–Crippen LogP) is 2.13. The Morgan fingerprint density at radius 3 is 2.73 bits per heavy atom. The molecule has 0 aliphatic carbocycles. The number of anilines is 1. The summed E-state index contributed by atoms with van der Waals surface area (Å²) in [5.74, 6) is 0.193. The molecule has 0 fully saturated rings. The number of hydrogen-bond donors (Lipinski definition) is 2. The van der Waals surface area contributed by atoms with Crippen LogP contribution in [-0.2, 0) is 4.84 Å². The summed E-state index contributed by atoms with van der Waals surface area (Å²) in [7, 11) is 1.51. The lowest BCUT2D eigenvalue weighted by Crippen LogP contribution is -1.94. The summed E-state index contributed by atoms with van der Waals surface area (Å²) in [6.45, 7) is 0. The van der Waals surface area contributed by atoms with Gasteiger partial charge in [-0.15, -0.1) is 0 Å². The Hall–Kier alpha value is -0.740. The predicted molar refractivity (Wildman–Crippen MR) is 46.4 cm³/mol. The fourth-order valence-electron chi connectivity index (χ4n) is 0.751. The van der Waals surface area contributed by atoms with E-state index < -0.39 is 0 Å². The van der Waals surface area contributed by atoms with E-state index >= 15 is 0 Å². The Morgan fingerprint density at radius 2 is 2.18 bits per heavy atom. The molecule has 60 valence electrons. The molecule has 2 N–H and O–H groups in total. The van der Waals surface area contributed by atoms with Crippen LogP contribution in [0.5, 0.6) is 5.75 Å². The molecular weight excluding hydrogens is 210 g/mol. The van der Waals surface area contributed by atoms with E-state index in [9.17, 15) is 0 Å². The minimum atomic E-state index is 0.193. The van der Waals surface area contributed by atoms with Gasteiger partial charge in [-0.05, 0) is 12.1 Å². The molecule has 0 saturated heterocycles. The van der Waals surface area contributed by atoms with Gasteiger partial charge in [-0.1, -0.05) is 15.9 Å². The van der Waals surface area contributed by atoms with E-state index in [2.05, 4.69) is 26.2 Å². The van der Waals surface area contributed by atoms with E-state index in [1.165, 1.54) is 7.11 Å². The molecule has 1 rings (SSSR count). The number of nitrogens with one attached hydrogen (secondary N) is 1. The Bertz CT molecular complexity index is 232. The molecule has 1 aromatic carbocycles. The van der Waals surface area contributed by atoms with Crippen molar-refractivity contribution in [3.05, 3.63) is 22.7 Å². The zero-order valence-corrected chi connectivity index (χ0v) is 7.55. The van der Waals surface area contributed by atoms with Crippen molar-refractivity contribution in [2.24, 2.45) is 0 Å². The van der Waals surface area contributed by atoms with Crippen LogP contribution in [0.2, 0.25) is 0 Å². The number of phenolic OH excluding ortho intramolecular Hbond substituents is 1. The summed E-state index contributed by atoms with van der Waals surface area (Å²) in [5.41, 5.74) is 3.31. The molecule has 0 bridgehead atoms. The van der Waals surface area contributed by atoms with Gasteiger partial charge in [-0.3, -0.25) is 10.3 Å². The minimum Gasteiger partial charge on any atom is -0.508 e. The molecule has 3 nitrogen and oxygen atoms in total. The Balaban J connectivity index is 2.89. The third-order valence-electron chi connectivity index (χ3n) is 1.10. The molecule has 0 aromatic heterocycles. The number of rotatable bonds is 2. The van der Waals surface area contributed by atoms with Gasteiger partial charge in [0.25, 0.3) is 0 Å². The zero-order valence-electron chi connectivity index (χ0n) is 5.97. The monoisotopic (exact) mass is 217 g/mol. The Labute approximate surface area is 73.1 Å². The van der Waals surface area contributed by atoms with E-state index in [1.54, 1.807) is 18.2 Å². The smallest absolute Gasteiger partial charge is 0.118 e. The van der Waals surface area contributed by atoms with Crippen molar-refractivity contribution in [2.75, 3.05) is 12.6 Å². The second-order valence-electron chi connectivity index (χ2n) is 2.00. The SMILES string of the molecule is CONc1cc(O)cc(Br)c1. The first-order valence-electron chi connectivity index (χ1n) is 3.01. The first-order valence-corrected chi connectivity index (χ1v) is 3.80. The topological polar surface area (TPSA) is 41.5 Å². The molecule has 0 saturated carbocycles. The van der Waals surface area contributed by atoms with Crippen LogP contribution in [0.4, 0.5) is 5.69 Å². The number of aromatic hydroxyl groups is 1. The largest absolute Gasteiger partial charge is 0.508 e. The summed E-state index contributed by atoms with van der Waals surface area (Å²) in [5, 5.41) is 9.09. The van der Waals surface area contributed by atoms with E-state index in [1.807, 2.05) is 0 Å². The quantitative estimate of drug-likeness (QED) is 0.747. The summed E-state index contributed by atoms with van der Waals surface area (Å²) >= 11 is 3.23. The van der Waals surface area contributed by atoms with Crippen LogP contribution in [0.3, 0.4) is 0 Å². The average molecular weight is 218 g/mol. The van der Waals surface area contributed by atoms with Crippen molar-refractivity contribution in [1.82, 2.24) is 0 Å². The van der Waals surface area contributed by atoms with Crippen LogP contribution < -0.4 is 5.48 Å². The molecule has 11 heavy (non-hydrogen) atoms. The normalized spacial score (nSPS) is 9.64. The van der Waals surface area contributed by atoms with E-state index in [0.717, 1.165) is 4.47 Å². The number of halogens is 1. The molecule has 0 unspecified atom stereocenters. The summed E-state index contributed by atoms with van der Waals surface area (Å²) < 4.78 is 0.803. The van der Waals surface area contributed by atoms with Crippen molar-refractivity contribution < 1.29 is 9.94 Å². The van der Waals surface area contributed by atoms with Crippen molar-refractivity contribution in [2.45, 2.75) is 0 Å². The second-order valence-corrected chi connectivity index (χ2v) is 2.92. The standard InChI is InChI=1S/C7H8BrNO2/c1-11-9-6-2-5(8)3-7(10)4-6/h2-4,9-10H,1H3. The van der Waals surface area contributed by atoms with Gasteiger partial charge < -0.3 is 5.11 Å². The molecule has 1 aromatic rings. The average Bonchev–Trinajstić information content (AvgIpc) is 1.85. The highest BCUT2D eigenvalue weighted by Gasteiger charge is 1.95. The fraction of sp³-hybridized carbons (Fsp3) is 0.143. The molecule has 0 aliphatic heterocycles. The lowest BCUT2D eigenvalue weighted by atomic mass is 10.3. The first-order chi connectivity index (χ1) is 5.22. The van der Waals surface area contributed by atoms with Crippen molar-refractivity contribution in [3.8, 4) is 5.75 Å². The first kappa shape index (κ1) is 8.36. The molecule has 0 heterocycles. The summed E-state index contributed by atoms with van der Waals surface area (Å²) in [4.78, 5) is 4.66. The van der Waals surface area contributed by atoms with Gasteiger partial charge in [0.1, 0.15) is 5.75 Å². The maximum Gasteiger partial charge on any atom is 0.118 e. The number of phenols is 1. The maximum absolute atomic E-state index is 9.09. The molecule has 4 heteroatoms. The Kier molecular flexibility index (Phi) is 2.73. The second kappa shape index (κ2) is 3.59. The van der Waals surface area contributed by atoms with Crippen LogP contribution >= 0.6 is 15.9 Å². The molecular formula is C7H8BrNO2. The zero-order chi connectivity index (χ0) is 8.27. The third kappa shape index (κ3) is 2.40. The van der Waals surface area contributed by atoms with E-state index in [4.69, 9.17) is 5.11 Å². The third-order valence-corrected chi connectivity index (χ3v) is 1.56. The number of hydrogen-bond acceptors (Lipinski definition) is 3. The van der Waals surface area contributed by atoms with Gasteiger partial charge in [0, 0.05) is 10.5 Å². The minimum absolute atomic E-state index is 0.193. The number of benzene rings is 1. The highest BCUT2D eigenvalue weighted by molar-refractivity contribution is 9.10. The Morgan fingerprint density at radius 1 is 1.45 bits per heavy atom. The lowest BCUT2D eigenvalue weighted by molar-refractivity contribution is 0.271. The lowest BCUT2D eigenvalue weighted by Gasteiger charge is -2.03. The molecule has 0 atom stereocenters. The van der Waals surface area contributed by atoms with Gasteiger partial charge in [-0.2, -0.15) is 0 Å². The van der Waals surface area contributed by atoms with Crippen LogP contribution in [0.25, 0.3) is 0 Å². The molecule has 0 amide bonds. The van der Waals surface area contributed by atoms with Crippen molar-refractivity contribution in [3.63, 3.8) is 0 Å². The maximum atomic E-state index is 9.09. The molecule has 0 aliphatic rings. The highest BCUT2D eigenvalue weighted by Crippen LogP contribution is 2.23. The molecule has 0 spiro atoms. The van der Waals surface area contributed by atoms with Gasteiger partial charge in [0.05, 0.1) is 12.8 Å². The van der Waals surface area contributed by atoms with Gasteiger partial charge in [-0.25, -0.2) is 0 Å².